The maximum atomic E-state index is 11.6. The van der Waals surface area contributed by atoms with Gasteiger partial charge in [0.25, 0.3) is 0 Å². The lowest BCUT2D eigenvalue weighted by atomic mass is 9.95. The first-order valence-electron chi connectivity index (χ1n) is 7.58. The van der Waals surface area contributed by atoms with E-state index in [9.17, 15) is 9.90 Å². The maximum Gasteiger partial charge on any atom is 0.225 e. The number of carbonyl (C=O) groups is 1. The van der Waals surface area contributed by atoms with Crippen molar-refractivity contribution in [2.45, 2.75) is 44.3 Å². The van der Waals surface area contributed by atoms with Crippen LogP contribution in [0.3, 0.4) is 0 Å². The van der Waals surface area contributed by atoms with Crippen molar-refractivity contribution in [3.8, 4) is 5.75 Å². The topological polar surface area (TPSA) is 70.6 Å². The predicted molar refractivity (Wildman–Crippen MR) is 82.5 cm³/mol. The van der Waals surface area contributed by atoms with E-state index in [0.717, 1.165) is 37.1 Å². The minimum absolute atomic E-state index is 0.0132. The summed E-state index contributed by atoms with van der Waals surface area (Å²) in [6.07, 6.45) is 3.83. The number of aliphatic hydroxyl groups is 1. The number of aliphatic hydroxyl groups excluding tert-OH is 1. The molecule has 1 aromatic carbocycles. The molecular formula is C16H24N2O3. The number of benzene rings is 1. The Labute approximate surface area is 125 Å². The highest BCUT2D eigenvalue weighted by Crippen LogP contribution is 2.24. The SMILES string of the molecule is CNCCC(=O)Nc1ccc(OC2CCCCC2O)cc1. The van der Waals surface area contributed by atoms with Crippen molar-refractivity contribution in [1.29, 1.82) is 0 Å². The number of amides is 1. The molecule has 5 nitrogen and oxygen atoms in total. The van der Waals surface area contributed by atoms with Crippen LogP contribution in [0.15, 0.2) is 24.3 Å². The first kappa shape index (κ1) is 15.8. The third kappa shape index (κ3) is 5.02. The molecule has 0 bridgehead atoms. The number of ether oxygens (including phenoxy) is 1. The van der Waals surface area contributed by atoms with Crippen LogP contribution in [-0.4, -0.2) is 36.8 Å². The summed E-state index contributed by atoms with van der Waals surface area (Å²) in [4.78, 5) is 11.6. The molecule has 21 heavy (non-hydrogen) atoms. The molecule has 1 fully saturated rings. The van der Waals surface area contributed by atoms with Gasteiger partial charge in [0, 0.05) is 18.7 Å². The fourth-order valence-electron chi connectivity index (χ4n) is 2.47. The zero-order valence-electron chi connectivity index (χ0n) is 12.5. The van der Waals surface area contributed by atoms with Crippen LogP contribution in [0.5, 0.6) is 5.75 Å². The molecule has 0 heterocycles. The number of hydrogen-bond acceptors (Lipinski definition) is 4. The third-order valence-corrected chi connectivity index (χ3v) is 3.70. The normalized spacial score (nSPS) is 21.8. The fraction of sp³-hybridized carbons (Fsp3) is 0.562. The molecular weight excluding hydrogens is 268 g/mol. The van der Waals surface area contributed by atoms with E-state index in [1.807, 2.05) is 31.3 Å². The molecule has 1 aliphatic rings. The van der Waals surface area contributed by atoms with Crippen LogP contribution in [0.1, 0.15) is 32.1 Å². The Bertz CT molecular complexity index is 447. The second-order valence-electron chi connectivity index (χ2n) is 5.43. The zero-order chi connectivity index (χ0) is 15.1. The number of carbonyl (C=O) groups excluding carboxylic acids is 1. The third-order valence-electron chi connectivity index (χ3n) is 3.70. The molecule has 0 saturated heterocycles. The van der Waals surface area contributed by atoms with Crippen molar-refractivity contribution in [2.24, 2.45) is 0 Å². The van der Waals surface area contributed by atoms with Gasteiger partial charge < -0.3 is 20.5 Å². The van der Waals surface area contributed by atoms with Gasteiger partial charge in [0.2, 0.25) is 5.91 Å². The lowest BCUT2D eigenvalue weighted by Gasteiger charge is -2.28. The fourth-order valence-corrected chi connectivity index (χ4v) is 2.47. The van der Waals surface area contributed by atoms with Crippen molar-refractivity contribution >= 4 is 11.6 Å². The molecule has 2 unspecified atom stereocenters. The predicted octanol–water partition coefficient (Wildman–Crippen LogP) is 1.92. The Morgan fingerprint density at radius 1 is 1.29 bits per heavy atom. The van der Waals surface area contributed by atoms with Crippen LogP contribution in [0.2, 0.25) is 0 Å². The summed E-state index contributed by atoms with van der Waals surface area (Å²) in [6, 6.07) is 7.30. The van der Waals surface area contributed by atoms with Crippen molar-refractivity contribution in [1.82, 2.24) is 5.32 Å². The maximum absolute atomic E-state index is 11.6. The molecule has 2 atom stereocenters. The Kier molecular flexibility index (Phi) is 6.02. The van der Waals surface area contributed by atoms with Gasteiger partial charge in [0.05, 0.1) is 6.10 Å². The van der Waals surface area contributed by atoms with Crippen LogP contribution < -0.4 is 15.4 Å². The summed E-state index contributed by atoms with van der Waals surface area (Å²) in [5, 5.41) is 15.7. The lowest BCUT2D eigenvalue weighted by Crippen LogP contribution is -2.34. The smallest absolute Gasteiger partial charge is 0.225 e. The summed E-state index contributed by atoms with van der Waals surface area (Å²) in [6.45, 7) is 0.659. The van der Waals surface area contributed by atoms with Gasteiger partial charge in [-0.25, -0.2) is 0 Å². The van der Waals surface area contributed by atoms with Crippen LogP contribution in [0.4, 0.5) is 5.69 Å². The summed E-state index contributed by atoms with van der Waals surface area (Å²) in [5.41, 5.74) is 0.757. The molecule has 0 aromatic heterocycles. The van der Waals surface area contributed by atoms with Gasteiger partial charge >= 0.3 is 0 Å². The van der Waals surface area contributed by atoms with Crippen LogP contribution in [-0.2, 0) is 4.79 Å². The van der Waals surface area contributed by atoms with Crippen LogP contribution in [0.25, 0.3) is 0 Å². The average molecular weight is 292 g/mol. The van der Waals surface area contributed by atoms with E-state index in [1.54, 1.807) is 0 Å². The average Bonchev–Trinajstić information content (AvgIpc) is 2.49. The molecule has 1 amide bonds. The molecule has 3 N–H and O–H groups in total. The van der Waals surface area contributed by atoms with Gasteiger partial charge in [-0.3, -0.25) is 4.79 Å². The second-order valence-corrected chi connectivity index (χ2v) is 5.43. The van der Waals surface area contributed by atoms with Gasteiger partial charge in [-0.1, -0.05) is 6.42 Å². The van der Waals surface area contributed by atoms with E-state index >= 15 is 0 Å². The first-order chi connectivity index (χ1) is 10.2. The molecule has 1 saturated carbocycles. The van der Waals surface area contributed by atoms with E-state index in [0.29, 0.717) is 13.0 Å². The summed E-state index contributed by atoms with van der Waals surface area (Å²) in [5.74, 6) is 0.717. The Morgan fingerprint density at radius 2 is 2.00 bits per heavy atom. The van der Waals surface area contributed by atoms with Gasteiger partial charge in [-0.2, -0.15) is 0 Å². The quantitative estimate of drug-likeness (QED) is 0.749. The molecule has 0 aliphatic heterocycles. The van der Waals surface area contributed by atoms with Gasteiger partial charge in [-0.15, -0.1) is 0 Å². The van der Waals surface area contributed by atoms with E-state index in [4.69, 9.17) is 4.74 Å². The zero-order valence-corrected chi connectivity index (χ0v) is 12.5. The summed E-state index contributed by atoms with van der Waals surface area (Å²) < 4.78 is 5.82. The van der Waals surface area contributed by atoms with Crippen LogP contribution >= 0.6 is 0 Å². The molecule has 0 spiro atoms. The second kappa shape index (κ2) is 8.00. The number of rotatable bonds is 6. The van der Waals surface area contributed by atoms with Gasteiger partial charge in [0.1, 0.15) is 11.9 Å². The molecule has 116 valence electrons. The molecule has 1 aliphatic carbocycles. The highest BCUT2D eigenvalue weighted by Gasteiger charge is 2.24. The highest BCUT2D eigenvalue weighted by atomic mass is 16.5. The largest absolute Gasteiger partial charge is 0.488 e. The molecule has 0 radical (unpaired) electrons. The van der Waals surface area contributed by atoms with Gasteiger partial charge in [0.15, 0.2) is 0 Å². The first-order valence-corrected chi connectivity index (χ1v) is 7.58. The highest BCUT2D eigenvalue weighted by molar-refractivity contribution is 5.90. The van der Waals surface area contributed by atoms with Crippen molar-refractivity contribution in [3.63, 3.8) is 0 Å². The van der Waals surface area contributed by atoms with Gasteiger partial charge in [-0.05, 0) is 50.6 Å². The molecule has 1 aromatic rings. The Balaban J connectivity index is 1.85. The van der Waals surface area contributed by atoms with Crippen molar-refractivity contribution in [2.75, 3.05) is 18.9 Å². The molecule has 5 heteroatoms. The number of hydrogen-bond donors (Lipinski definition) is 3. The van der Waals surface area contributed by atoms with E-state index in [1.165, 1.54) is 0 Å². The van der Waals surface area contributed by atoms with E-state index < -0.39 is 0 Å². The van der Waals surface area contributed by atoms with Crippen LogP contribution in [0, 0.1) is 0 Å². The standard InChI is InChI=1S/C16H24N2O3/c1-17-11-10-16(20)18-12-6-8-13(9-7-12)21-15-5-3-2-4-14(15)19/h6-9,14-15,17,19H,2-5,10-11H2,1H3,(H,18,20). The minimum Gasteiger partial charge on any atom is -0.488 e. The van der Waals surface area contributed by atoms with Crippen molar-refractivity contribution in [3.05, 3.63) is 24.3 Å². The Morgan fingerprint density at radius 3 is 2.67 bits per heavy atom. The summed E-state index contributed by atoms with van der Waals surface area (Å²) in [7, 11) is 1.82. The number of nitrogens with one attached hydrogen (secondary N) is 2. The number of anilines is 1. The van der Waals surface area contributed by atoms with E-state index in [-0.39, 0.29) is 18.1 Å². The minimum atomic E-state index is -0.375. The summed E-state index contributed by atoms with van der Waals surface area (Å²) >= 11 is 0. The lowest BCUT2D eigenvalue weighted by molar-refractivity contribution is -0.116. The molecule has 2 rings (SSSR count). The Hall–Kier alpha value is -1.59. The monoisotopic (exact) mass is 292 g/mol. The van der Waals surface area contributed by atoms with Crippen molar-refractivity contribution < 1.29 is 14.6 Å². The van der Waals surface area contributed by atoms with E-state index in [2.05, 4.69) is 10.6 Å².